The van der Waals surface area contributed by atoms with E-state index in [1.807, 2.05) is 12.1 Å². The van der Waals surface area contributed by atoms with Crippen LogP contribution in [0.15, 0.2) is 29.2 Å². The van der Waals surface area contributed by atoms with Crippen LogP contribution in [0.5, 0.6) is 0 Å². The fourth-order valence-corrected chi connectivity index (χ4v) is 6.08. The number of aliphatic hydroxyl groups is 1. The monoisotopic (exact) mass is 407 g/mol. The summed E-state index contributed by atoms with van der Waals surface area (Å²) in [6.45, 7) is 11.5. The topological polar surface area (TPSA) is 64.1 Å². The van der Waals surface area contributed by atoms with Gasteiger partial charge in [-0.25, -0.2) is 8.42 Å². The molecule has 0 bridgehead atoms. The van der Waals surface area contributed by atoms with Crippen LogP contribution in [0.2, 0.25) is 0 Å². The van der Waals surface area contributed by atoms with Crippen molar-refractivity contribution in [3.05, 3.63) is 29.8 Å². The van der Waals surface area contributed by atoms with Gasteiger partial charge in [-0.3, -0.25) is 14.7 Å². The molecule has 3 fully saturated rings. The van der Waals surface area contributed by atoms with Crippen LogP contribution in [0.25, 0.3) is 0 Å². The second-order valence-corrected chi connectivity index (χ2v) is 11.6. The average molecular weight is 408 g/mol. The van der Waals surface area contributed by atoms with E-state index in [0.29, 0.717) is 16.9 Å². The van der Waals surface area contributed by atoms with Crippen LogP contribution in [0.4, 0.5) is 0 Å². The lowest BCUT2D eigenvalue weighted by Gasteiger charge is -2.61. The molecule has 2 unspecified atom stereocenters. The van der Waals surface area contributed by atoms with E-state index in [2.05, 4.69) is 28.5 Å². The highest BCUT2D eigenvalue weighted by molar-refractivity contribution is 7.90. The van der Waals surface area contributed by atoms with Gasteiger partial charge in [0.25, 0.3) is 0 Å². The summed E-state index contributed by atoms with van der Waals surface area (Å²) in [6.07, 6.45) is 1.94. The van der Waals surface area contributed by atoms with E-state index in [1.54, 1.807) is 12.1 Å². The third-order valence-corrected chi connectivity index (χ3v) is 7.53. The Bertz CT molecular complexity index is 803. The van der Waals surface area contributed by atoms with Crippen molar-refractivity contribution < 1.29 is 13.5 Å². The molecule has 6 nitrogen and oxygen atoms in total. The van der Waals surface area contributed by atoms with E-state index >= 15 is 0 Å². The first-order valence-corrected chi connectivity index (χ1v) is 12.2. The van der Waals surface area contributed by atoms with E-state index in [-0.39, 0.29) is 11.6 Å². The van der Waals surface area contributed by atoms with Crippen molar-refractivity contribution in [1.29, 1.82) is 0 Å². The van der Waals surface area contributed by atoms with Gasteiger partial charge in [0, 0.05) is 58.1 Å². The number of piperazine rings is 1. The Hall–Kier alpha value is -0.990. The molecule has 3 heterocycles. The fourth-order valence-electron chi connectivity index (χ4n) is 5.45. The molecule has 1 aromatic carbocycles. The van der Waals surface area contributed by atoms with Crippen LogP contribution in [0.1, 0.15) is 25.8 Å². The number of likely N-dealkylation sites (tertiary alicyclic amines) is 1. The van der Waals surface area contributed by atoms with Gasteiger partial charge in [-0.2, -0.15) is 0 Å². The third-order valence-electron chi connectivity index (χ3n) is 6.41. The highest BCUT2D eigenvalue weighted by atomic mass is 32.2. The van der Waals surface area contributed by atoms with Crippen molar-refractivity contribution in [2.75, 3.05) is 45.5 Å². The third kappa shape index (κ3) is 4.00. The zero-order valence-electron chi connectivity index (χ0n) is 17.2. The minimum Gasteiger partial charge on any atom is -0.392 e. The standard InChI is InChI=1S/C21H33N3O3S/c1-16(2)9-22-11-18-8-19(25)12-24(18)21(13-22)14-23(15-21)10-17-4-6-20(7-5-17)28(3,26)27/h4-7,16,18-19,25H,8-15H2,1-3H3. The molecule has 0 amide bonds. The number of nitrogens with zero attached hydrogens (tertiary/aromatic N) is 3. The summed E-state index contributed by atoms with van der Waals surface area (Å²) >= 11 is 0. The fraction of sp³-hybridized carbons (Fsp3) is 0.714. The molecule has 7 heteroatoms. The summed E-state index contributed by atoms with van der Waals surface area (Å²) in [5.41, 5.74) is 1.30. The zero-order valence-corrected chi connectivity index (χ0v) is 18.0. The highest BCUT2D eigenvalue weighted by Crippen LogP contribution is 2.39. The lowest BCUT2D eigenvalue weighted by atomic mass is 9.83. The Morgan fingerprint density at radius 2 is 1.75 bits per heavy atom. The van der Waals surface area contributed by atoms with Crippen molar-refractivity contribution in [3.63, 3.8) is 0 Å². The predicted molar refractivity (Wildman–Crippen MR) is 110 cm³/mol. The van der Waals surface area contributed by atoms with E-state index in [1.165, 1.54) is 6.26 Å². The normalized spacial score (nSPS) is 28.6. The van der Waals surface area contributed by atoms with Crippen LogP contribution in [-0.4, -0.2) is 91.4 Å². The molecule has 3 aliphatic heterocycles. The van der Waals surface area contributed by atoms with Crippen molar-refractivity contribution in [2.45, 2.75) is 49.4 Å². The first-order chi connectivity index (χ1) is 13.1. The molecule has 3 saturated heterocycles. The Morgan fingerprint density at radius 3 is 2.36 bits per heavy atom. The molecule has 0 saturated carbocycles. The second-order valence-electron chi connectivity index (χ2n) is 9.57. The molecule has 1 spiro atoms. The lowest BCUT2D eigenvalue weighted by molar-refractivity contribution is -0.117. The quantitative estimate of drug-likeness (QED) is 0.787. The molecular weight excluding hydrogens is 374 g/mol. The van der Waals surface area contributed by atoms with E-state index < -0.39 is 9.84 Å². The van der Waals surface area contributed by atoms with Gasteiger partial charge in [-0.1, -0.05) is 26.0 Å². The van der Waals surface area contributed by atoms with Crippen molar-refractivity contribution >= 4 is 9.84 Å². The number of benzene rings is 1. The van der Waals surface area contributed by atoms with Crippen LogP contribution in [0.3, 0.4) is 0 Å². The smallest absolute Gasteiger partial charge is 0.175 e. The predicted octanol–water partition coefficient (Wildman–Crippen LogP) is 1.05. The van der Waals surface area contributed by atoms with Crippen molar-refractivity contribution in [3.8, 4) is 0 Å². The molecule has 2 atom stereocenters. The van der Waals surface area contributed by atoms with E-state index in [9.17, 15) is 13.5 Å². The van der Waals surface area contributed by atoms with Gasteiger partial charge < -0.3 is 5.11 Å². The Morgan fingerprint density at radius 1 is 1.11 bits per heavy atom. The molecule has 3 aliphatic rings. The molecule has 4 rings (SSSR count). The first kappa shape index (κ1) is 20.3. The van der Waals surface area contributed by atoms with Crippen LogP contribution in [0, 0.1) is 5.92 Å². The SMILES string of the molecule is CC(C)CN1CC2CC(O)CN2C2(C1)CN(Cc1ccc(S(C)(=O)=O)cc1)C2. The summed E-state index contributed by atoms with van der Waals surface area (Å²) in [5.74, 6) is 0.652. The van der Waals surface area contributed by atoms with Crippen LogP contribution < -0.4 is 0 Å². The Labute approximate surface area is 169 Å². The lowest BCUT2D eigenvalue weighted by Crippen LogP contribution is -2.77. The molecular formula is C21H33N3O3S. The van der Waals surface area contributed by atoms with Crippen molar-refractivity contribution in [1.82, 2.24) is 14.7 Å². The average Bonchev–Trinajstić information content (AvgIpc) is 2.93. The van der Waals surface area contributed by atoms with Gasteiger partial charge in [0.1, 0.15) is 0 Å². The minimum absolute atomic E-state index is 0.155. The summed E-state index contributed by atoms with van der Waals surface area (Å²) in [7, 11) is -3.14. The maximum atomic E-state index is 11.6. The van der Waals surface area contributed by atoms with E-state index in [0.717, 1.165) is 57.8 Å². The number of sulfone groups is 1. The summed E-state index contributed by atoms with van der Waals surface area (Å²) < 4.78 is 23.3. The van der Waals surface area contributed by atoms with Gasteiger partial charge in [0.2, 0.25) is 0 Å². The molecule has 0 aliphatic carbocycles. The molecule has 0 aromatic heterocycles. The molecule has 1 N–H and O–H groups in total. The number of aliphatic hydroxyl groups excluding tert-OH is 1. The highest BCUT2D eigenvalue weighted by Gasteiger charge is 2.55. The van der Waals surface area contributed by atoms with Gasteiger partial charge in [0.15, 0.2) is 9.84 Å². The van der Waals surface area contributed by atoms with Gasteiger partial charge in [0.05, 0.1) is 16.5 Å². The van der Waals surface area contributed by atoms with Gasteiger partial charge in [-0.05, 0) is 30.0 Å². The van der Waals surface area contributed by atoms with Gasteiger partial charge >= 0.3 is 0 Å². The first-order valence-electron chi connectivity index (χ1n) is 10.3. The summed E-state index contributed by atoms with van der Waals surface area (Å²) in [5, 5.41) is 10.2. The van der Waals surface area contributed by atoms with E-state index in [4.69, 9.17) is 0 Å². The van der Waals surface area contributed by atoms with Crippen LogP contribution >= 0.6 is 0 Å². The molecule has 156 valence electrons. The summed E-state index contributed by atoms with van der Waals surface area (Å²) in [4.78, 5) is 8.00. The largest absolute Gasteiger partial charge is 0.392 e. The minimum atomic E-state index is -3.14. The Kier molecular flexibility index (Phi) is 5.33. The Balaban J connectivity index is 1.42. The maximum Gasteiger partial charge on any atom is 0.175 e. The van der Waals surface area contributed by atoms with Gasteiger partial charge in [-0.15, -0.1) is 0 Å². The maximum absolute atomic E-state index is 11.6. The number of fused-ring (bicyclic) bond motifs is 2. The van der Waals surface area contributed by atoms with Crippen LogP contribution in [-0.2, 0) is 16.4 Å². The number of rotatable bonds is 5. The molecule has 28 heavy (non-hydrogen) atoms. The molecule has 1 aromatic rings. The zero-order chi connectivity index (χ0) is 20.1. The summed E-state index contributed by atoms with van der Waals surface area (Å²) in [6, 6.07) is 7.74. The number of hydrogen-bond acceptors (Lipinski definition) is 6. The number of hydrogen-bond donors (Lipinski definition) is 1. The number of β-amino-alcohol motifs (C(OH)–C–C–N with tert-alkyl or cyclic N) is 1. The second kappa shape index (κ2) is 7.36. The molecule has 0 radical (unpaired) electrons. The van der Waals surface area contributed by atoms with Crippen molar-refractivity contribution in [2.24, 2.45) is 5.92 Å².